The summed E-state index contributed by atoms with van der Waals surface area (Å²) in [5, 5.41) is 5.30. The molecule has 7 nitrogen and oxygen atoms in total. The molecule has 4 rings (SSSR count). The van der Waals surface area contributed by atoms with E-state index in [9.17, 15) is 14.4 Å². The first-order valence-corrected chi connectivity index (χ1v) is 12.4. The van der Waals surface area contributed by atoms with Crippen LogP contribution < -0.4 is 10.6 Å². The Hall–Kier alpha value is -3.65. The molecule has 3 aromatic rings. The molecule has 0 atom stereocenters. The molecule has 1 aliphatic heterocycles. The molecule has 0 bridgehead atoms. The maximum absolute atomic E-state index is 12.9. The predicted octanol–water partition coefficient (Wildman–Crippen LogP) is 5.69. The Morgan fingerprint density at radius 3 is 2.28 bits per heavy atom. The fraction of sp³-hybridized carbons (Fsp3) is 0.250. The minimum Gasteiger partial charge on any atom is -0.325 e. The number of urea groups is 1. The van der Waals surface area contributed by atoms with E-state index in [1.54, 1.807) is 30.3 Å². The van der Waals surface area contributed by atoms with Gasteiger partial charge in [0, 0.05) is 27.2 Å². The number of nitrogens with zero attached hydrogens (tertiary/aromatic N) is 2. The number of halogens is 1. The SMILES string of the molecule is Cc1cc(/C=C2\NC(=O)N(CC(=O)Nc3ccc(Br)cc3)C2=O)c(C)n1-c1ccc(C(C)(C)C)cc1. The molecule has 0 unspecified atom stereocenters. The second kappa shape index (κ2) is 9.78. The number of aromatic nitrogens is 1. The first-order valence-electron chi connectivity index (χ1n) is 11.6. The normalized spacial score (nSPS) is 14.9. The molecule has 0 radical (unpaired) electrons. The summed E-state index contributed by atoms with van der Waals surface area (Å²) in [5.41, 5.74) is 5.82. The number of nitrogens with one attached hydrogen (secondary N) is 2. The second-order valence-corrected chi connectivity index (χ2v) is 10.8. The van der Waals surface area contributed by atoms with E-state index in [0.717, 1.165) is 32.0 Å². The first-order chi connectivity index (χ1) is 16.9. The van der Waals surface area contributed by atoms with Crippen molar-refractivity contribution >= 4 is 45.5 Å². The lowest BCUT2D eigenvalue weighted by atomic mass is 9.87. The second-order valence-electron chi connectivity index (χ2n) is 9.89. The molecule has 186 valence electrons. The Labute approximate surface area is 219 Å². The van der Waals surface area contributed by atoms with E-state index in [1.807, 2.05) is 19.9 Å². The zero-order valence-electron chi connectivity index (χ0n) is 21.0. The molecule has 1 fully saturated rings. The summed E-state index contributed by atoms with van der Waals surface area (Å²) in [7, 11) is 0. The molecule has 2 heterocycles. The highest BCUT2D eigenvalue weighted by Crippen LogP contribution is 2.27. The number of rotatable bonds is 5. The average molecular weight is 549 g/mol. The minimum atomic E-state index is -0.621. The van der Waals surface area contributed by atoms with Crippen LogP contribution in [-0.4, -0.2) is 33.9 Å². The quantitative estimate of drug-likeness (QED) is 0.317. The smallest absolute Gasteiger partial charge is 0.325 e. The predicted molar refractivity (Wildman–Crippen MR) is 145 cm³/mol. The van der Waals surface area contributed by atoms with E-state index < -0.39 is 17.8 Å². The van der Waals surface area contributed by atoms with Crippen molar-refractivity contribution in [2.45, 2.75) is 40.0 Å². The monoisotopic (exact) mass is 548 g/mol. The summed E-state index contributed by atoms with van der Waals surface area (Å²) in [5.74, 6) is -0.996. The van der Waals surface area contributed by atoms with Crippen LogP contribution in [0, 0.1) is 13.8 Å². The highest BCUT2D eigenvalue weighted by Gasteiger charge is 2.35. The van der Waals surface area contributed by atoms with Gasteiger partial charge in [0.25, 0.3) is 5.91 Å². The number of anilines is 1. The van der Waals surface area contributed by atoms with Crippen LogP contribution in [0.5, 0.6) is 0 Å². The van der Waals surface area contributed by atoms with Gasteiger partial charge in [-0.3, -0.25) is 9.59 Å². The molecular weight excluding hydrogens is 520 g/mol. The van der Waals surface area contributed by atoms with Gasteiger partial charge in [-0.15, -0.1) is 0 Å². The van der Waals surface area contributed by atoms with Gasteiger partial charge in [0.05, 0.1) is 0 Å². The van der Waals surface area contributed by atoms with Crippen LogP contribution >= 0.6 is 15.9 Å². The third-order valence-corrected chi connectivity index (χ3v) is 6.68. The molecule has 0 aliphatic carbocycles. The van der Waals surface area contributed by atoms with Crippen molar-refractivity contribution in [1.29, 1.82) is 0 Å². The molecule has 1 aromatic heterocycles. The largest absolute Gasteiger partial charge is 0.329 e. The average Bonchev–Trinajstić information content (AvgIpc) is 3.24. The minimum absolute atomic E-state index is 0.0664. The van der Waals surface area contributed by atoms with Gasteiger partial charge in [-0.25, -0.2) is 9.69 Å². The van der Waals surface area contributed by atoms with Crippen molar-refractivity contribution in [3.8, 4) is 5.69 Å². The molecular formula is C28H29BrN4O3. The lowest BCUT2D eigenvalue weighted by Gasteiger charge is -2.20. The fourth-order valence-corrected chi connectivity index (χ4v) is 4.45. The highest BCUT2D eigenvalue weighted by molar-refractivity contribution is 9.10. The van der Waals surface area contributed by atoms with Crippen LogP contribution in [0.1, 0.15) is 43.3 Å². The van der Waals surface area contributed by atoms with Crippen molar-refractivity contribution in [2.75, 3.05) is 11.9 Å². The summed E-state index contributed by atoms with van der Waals surface area (Å²) in [6, 6.07) is 16.8. The molecule has 0 spiro atoms. The fourth-order valence-electron chi connectivity index (χ4n) is 4.19. The van der Waals surface area contributed by atoms with Crippen LogP contribution in [-0.2, 0) is 15.0 Å². The van der Waals surface area contributed by atoms with Crippen molar-refractivity contribution in [2.24, 2.45) is 0 Å². The van der Waals surface area contributed by atoms with Gasteiger partial charge in [0.1, 0.15) is 12.2 Å². The summed E-state index contributed by atoms with van der Waals surface area (Å²) >= 11 is 3.34. The third kappa shape index (κ3) is 5.28. The van der Waals surface area contributed by atoms with Crippen LogP contribution in [0.4, 0.5) is 10.5 Å². The number of carbonyl (C=O) groups is 3. The lowest BCUT2D eigenvalue weighted by Crippen LogP contribution is -2.38. The Morgan fingerprint density at radius 2 is 1.67 bits per heavy atom. The number of benzene rings is 2. The zero-order chi connectivity index (χ0) is 26.2. The number of hydrogen-bond acceptors (Lipinski definition) is 3. The number of hydrogen-bond donors (Lipinski definition) is 2. The van der Waals surface area contributed by atoms with Gasteiger partial charge in [-0.2, -0.15) is 0 Å². The molecule has 2 aromatic carbocycles. The van der Waals surface area contributed by atoms with Gasteiger partial charge in [0.2, 0.25) is 5.91 Å². The van der Waals surface area contributed by atoms with Gasteiger partial charge in [-0.05, 0) is 78.9 Å². The molecule has 8 heteroatoms. The van der Waals surface area contributed by atoms with E-state index >= 15 is 0 Å². The summed E-state index contributed by atoms with van der Waals surface area (Å²) < 4.78 is 2.99. The molecule has 36 heavy (non-hydrogen) atoms. The first kappa shape index (κ1) is 25.4. The number of imide groups is 1. The maximum atomic E-state index is 12.9. The number of aryl methyl sites for hydroxylation is 1. The van der Waals surface area contributed by atoms with E-state index in [2.05, 4.69) is 76.2 Å². The van der Waals surface area contributed by atoms with Crippen molar-refractivity contribution in [3.05, 3.63) is 87.3 Å². The molecule has 4 amide bonds. The molecule has 2 N–H and O–H groups in total. The van der Waals surface area contributed by atoms with Crippen molar-refractivity contribution in [3.63, 3.8) is 0 Å². The van der Waals surface area contributed by atoms with E-state index in [-0.39, 0.29) is 17.7 Å². The van der Waals surface area contributed by atoms with Crippen LogP contribution in [0.15, 0.2) is 64.8 Å². The topological polar surface area (TPSA) is 83.4 Å². The van der Waals surface area contributed by atoms with E-state index in [1.165, 1.54) is 5.56 Å². The van der Waals surface area contributed by atoms with Gasteiger partial charge in [-0.1, -0.05) is 48.8 Å². The summed E-state index contributed by atoms with van der Waals surface area (Å²) in [4.78, 5) is 38.8. The summed E-state index contributed by atoms with van der Waals surface area (Å²) in [6.07, 6.45) is 1.66. The van der Waals surface area contributed by atoms with Crippen molar-refractivity contribution in [1.82, 2.24) is 14.8 Å². The van der Waals surface area contributed by atoms with Gasteiger partial charge >= 0.3 is 6.03 Å². The molecule has 1 aliphatic rings. The summed E-state index contributed by atoms with van der Waals surface area (Å²) in [6.45, 7) is 10.1. The highest BCUT2D eigenvalue weighted by atomic mass is 79.9. The van der Waals surface area contributed by atoms with Crippen LogP contribution in [0.25, 0.3) is 11.8 Å². The lowest BCUT2D eigenvalue weighted by molar-refractivity contribution is -0.127. The van der Waals surface area contributed by atoms with Crippen LogP contribution in [0.3, 0.4) is 0 Å². The molecule has 1 saturated heterocycles. The number of amides is 4. The third-order valence-electron chi connectivity index (χ3n) is 6.15. The Kier molecular flexibility index (Phi) is 6.91. The zero-order valence-corrected chi connectivity index (χ0v) is 22.6. The maximum Gasteiger partial charge on any atom is 0.329 e. The van der Waals surface area contributed by atoms with E-state index in [0.29, 0.717) is 5.69 Å². The number of carbonyl (C=O) groups excluding carboxylic acids is 3. The Bertz CT molecular complexity index is 1360. The van der Waals surface area contributed by atoms with Crippen LogP contribution in [0.2, 0.25) is 0 Å². The van der Waals surface area contributed by atoms with E-state index in [4.69, 9.17) is 0 Å². The Morgan fingerprint density at radius 1 is 1.03 bits per heavy atom. The van der Waals surface area contributed by atoms with Crippen molar-refractivity contribution < 1.29 is 14.4 Å². The Balaban J connectivity index is 1.52. The van der Waals surface area contributed by atoms with Gasteiger partial charge in [0.15, 0.2) is 0 Å². The molecule has 0 saturated carbocycles. The van der Waals surface area contributed by atoms with Gasteiger partial charge < -0.3 is 15.2 Å². The standard InChI is InChI=1S/C28H29BrN4O3/c1-17-14-19(18(2)33(17)23-12-6-20(7-13-23)28(3,4)5)15-24-26(35)32(27(36)31-24)16-25(34)30-22-10-8-21(29)9-11-22/h6-15H,16H2,1-5H3,(H,30,34)(H,31,36)/b24-15-.